The van der Waals surface area contributed by atoms with Gasteiger partial charge in [0.25, 0.3) is 11.7 Å². The number of hydrogen-bond donors (Lipinski definition) is 1. The monoisotopic (exact) mass is 428 g/mol. The first kappa shape index (κ1) is 21.9. The molecule has 0 aromatic heterocycles. The van der Waals surface area contributed by atoms with Crippen LogP contribution in [-0.4, -0.2) is 60.9 Å². The second-order valence-corrected chi connectivity index (χ2v) is 7.96. The second-order valence-electron chi connectivity index (χ2n) is 7.56. The largest absolute Gasteiger partial charge is 0.507 e. The molecule has 2 aromatic rings. The van der Waals surface area contributed by atoms with Crippen molar-refractivity contribution in [1.82, 2.24) is 9.80 Å². The van der Waals surface area contributed by atoms with Crippen LogP contribution in [0, 0.1) is 6.92 Å². The molecule has 0 saturated carbocycles. The van der Waals surface area contributed by atoms with Crippen molar-refractivity contribution in [2.24, 2.45) is 0 Å². The normalized spacial score (nSPS) is 18.3. The molecule has 1 heterocycles. The Morgan fingerprint density at radius 1 is 1.17 bits per heavy atom. The van der Waals surface area contributed by atoms with Crippen LogP contribution >= 0.6 is 11.6 Å². The lowest BCUT2D eigenvalue weighted by Crippen LogP contribution is -2.35. The van der Waals surface area contributed by atoms with Crippen LogP contribution in [0.2, 0.25) is 5.02 Å². The quantitative estimate of drug-likeness (QED) is 0.432. The predicted octanol–water partition coefficient (Wildman–Crippen LogP) is 3.64. The van der Waals surface area contributed by atoms with Crippen LogP contribution in [-0.2, 0) is 9.59 Å². The molecule has 3 rings (SSSR count). The second kappa shape index (κ2) is 8.90. The first-order valence-electron chi connectivity index (χ1n) is 9.58. The number of nitrogens with zero attached hydrogens (tertiary/aromatic N) is 2. The molecule has 158 valence electrons. The Morgan fingerprint density at radius 2 is 1.83 bits per heavy atom. The van der Waals surface area contributed by atoms with Crippen molar-refractivity contribution >= 4 is 29.1 Å². The van der Waals surface area contributed by atoms with Crippen LogP contribution in [0.15, 0.2) is 48.0 Å². The first-order chi connectivity index (χ1) is 14.2. The summed E-state index contributed by atoms with van der Waals surface area (Å²) in [6.07, 6.45) is 0. The molecule has 0 aliphatic carbocycles. The number of methoxy groups -OCH3 is 1. The minimum absolute atomic E-state index is 0.0591. The zero-order valence-corrected chi connectivity index (χ0v) is 18.2. The lowest BCUT2D eigenvalue weighted by molar-refractivity contribution is -0.140. The van der Waals surface area contributed by atoms with Gasteiger partial charge in [0.05, 0.1) is 23.7 Å². The van der Waals surface area contributed by atoms with Gasteiger partial charge in [0.2, 0.25) is 0 Å². The van der Waals surface area contributed by atoms with Crippen molar-refractivity contribution < 1.29 is 19.4 Å². The van der Waals surface area contributed by atoms with Crippen molar-refractivity contribution in [3.8, 4) is 5.75 Å². The van der Waals surface area contributed by atoms with Gasteiger partial charge in [-0.05, 0) is 44.8 Å². The van der Waals surface area contributed by atoms with Gasteiger partial charge in [0.15, 0.2) is 0 Å². The maximum atomic E-state index is 13.0. The van der Waals surface area contributed by atoms with Gasteiger partial charge in [0, 0.05) is 18.7 Å². The van der Waals surface area contributed by atoms with E-state index >= 15 is 0 Å². The highest BCUT2D eigenvalue weighted by Crippen LogP contribution is 2.40. The fraction of sp³-hybridized carbons (Fsp3) is 0.304. The van der Waals surface area contributed by atoms with E-state index in [2.05, 4.69) is 0 Å². The van der Waals surface area contributed by atoms with Gasteiger partial charge in [-0.25, -0.2) is 0 Å². The third kappa shape index (κ3) is 4.20. The van der Waals surface area contributed by atoms with E-state index < -0.39 is 17.7 Å². The maximum absolute atomic E-state index is 13.0. The number of likely N-dealkylation sites (tertiary alicyclic amines) is 1. The SMILES string of the molecule is COc1ccc(C(O)=C2C(=O)C(=O)N(CCN(C)C)[C@@H]2c2ccc(C)cc2)cc1Cl. The molecule has 1 aliphatic rings. The van der Waals surface area contributed by atoms with Gasteiger partial charge < -0.3 is 19.6 Å². The van der Waals surface area contributed by atoms with Gasteiger partial charge in [0.1, 0.15) is 11.5 Å². The predicted molar refractivity (Wildman–Crippen MR) is 117 cm³/mol. The molecule has 0 spiro atoms. The van der Waals surface area contributed by atoms with E-state index in [1.54, 1.807) is 12.1 Å². The Bertz CT molecular complexity index is 999. The third-order valence-corrected chi connectivity index (χ3v) is 5.44. The number of carbonyl (C=O) groups is 2. The average molecular weight is 429 g/mol. The molecular formula is C23H25ClN2O4. The van der Waals surface area contributed by atoms with Crippen molar-refractivity contribution in [3.63, 3.8) is 0 Å². The molecule has 1 N–H and O–H groups in total. The van der Waals surface area contributed by atoms with Crippen LogP contribution < -0.4 is 4.74 Å². The molecule has 0 unspecified atom stereocenters. The molecular weight excluding hydrogens is 404 g/mol. The average Bonchev–Trinajstić information content (AvgIpc) is 2.96. The zero-order valence-electron chi connectivity index (χ0n) is 17.5. The summed E-state index contributed by atoms with van der Waals surface area (Å²) in [5.74, 6) is -1.13. The van der Waals surface area contributed by atoms with Crippen LogP contribution in [0.1, 0.15) is 22.7 Å². The highest BCUT2D eigenvalue weighted by Gasteiger charge is 2.45. The van der Waals surface area contributed by atoms with Gasteiger partial charge in [-0.15, -0.1) is 0 Å². The van der Waals surface area contributed by atoms with Gasteiger partial charge >= 0.3 is 0 Å². The van der Waals surface area contributed by atoms with E-state index in [-0.39, 0.29) is 11.3 Å². The molecule has 0 radical (unpaired) electrons. The minimum atomic E-state index is -0.705. The van der Waals surface area contributed by atoms with Crippen LogP contribution in [0.5, 0.6) is 5.75 Å². The number of aliphatic hydroxyl groups is 1. The van der Waals surface area contributed by atoms with Crippen LogP contribution in [0.25, 0.3) is 5.76 Å². The highest BCUT2D eigenvalue weighted by molar-refractivity contribution is 6.46. The Hall–Kier alpha value is -2.83. The molecule has 7 heteroatoms. The molecule has 1 atom stereocenters. The molecule has 6 nitrogen and oxygen atoms in total. The Labute approximate surface area is 181 Å². The maximum Gasteiger partial charge on any atom is 0.295 e. The summed E-state index contributed by atoms with van der Waals surface area (Å²) < 4.78 is 5.15. The molecule has 30 heavy (non-hydrogen) atoms. The zero-order chi connectivity index (χ0) is 22.0. The number of aryl methyl sites for hydroxylation is 1. The number of Topliss-reactive ketones (excluding diaryl/α,β-unsaturated/α-hetero) is 1. The number of likely N-dealkylation sites (N-methyl/N-ethyl adjacent to an activating group) is 1. The van der Waals surface area contributed by atoms with Crippen LogP contribution in [0.3, 0.4) is 0 Å². The number of carbonyl (C=O) groups excluding carboxylic acids is 2. The minimum Gasteiger partial charge on any atom is -0.507 e. The number of rotatable bonds is 6. The standard InChI is InChI=1S/C23H25ClN2O4/c1-14-5-7-15(8-6-14)20-19(22(28)23(29)26(20)12-11-25(2)3)21(27)16-9-10-18(30-4)17(24)13-16/h5-10,13,20,27H,11-12H2,1-4H3/t20-/m1/s1. The van der Waals surface area contributed by atoms with E-state index in [1.807, 2.05) is 50.2 Å². The van der Waals surface area contributed by atoms with E-state index in [9.17, 15) is 14.7 Å². The summed E-state index contributed by atoms with van der Waals surface area (Å²) in [5.41, 5.74) is 2.23. The third-order valence-electron chi connectivity index (χ3n) is 5.15. The van der Waals surface area contributed by atoms with Crippen molar-refractivity contribution in [2.45, 2.75) is 13.0 Å². The smallest absolute Gasteiger partial charge is 0.295 e. The van der Waals surface area contributed by atoms with Gasteiger partial charge in [-0.2, -0.15) is 0 Å². The van der Waals surface area contributed by atoms with Crippen molar-refractivity contribution in [2.75, 3.05) is 34.3 Å². The van der Waals surface area contributed by atoms with Gasteiger partial charge in [-0.1, -0.05) is 41.4 Å². The number of halogens is 1. The van der Waals surface area contributed by atoms with E-state index in [1.165, 1.54) is 18.1 Å². The molecule has 1 aliphatic heterocycles. The van der Waals surface area contributed by atoms with E-state index in [4.69, 9.17) is 16.3 Å². The molecule has 2 aromatic carbocycles. The van der Waals surface area contributed by atoms with E-state index in [0.717, 1.165) is 11.1 Å². The Kier molecular flexibility index (Phi) is 6.48. The fourth-order valence-electron chi connectivity index (χ4n) is 3.48. The summed E-state index contributed by atoms with van der Waals surface area (Å²) in [6, 6.07) is 11.7. The van der Waals surface area contributed by atoms with Gasteiger partial charge in [-0.3, -0.25) is 9.59 Å². The first-order valence-corrected chi connectivity index (χ1v) is 9.96. The Balaban J connectivity index is 2.14. The highest BCUT2D eigenvalue weighted by atomic mass is 35.5. The fourth-order valence-corrected chi connectivity index (χ4v) is 3.74. The molecule has 0 bridgehead atoms. The number of ketones is 1. The van der Waals surface area contributed by atoms with Crippen LogP contribution in [0.4, 0.5) is 0 Å². The number of aliphatic hydroxyl groups excluding tert-OH is 1. The topological polar surface area (TPSA) is 70.1 Å². The van der Waals surface area contributed by atoms with Crippen molar-refractivity contribution in [3.05, 3.63) is 69.8 Å². The summed E-state index contributed by atoms with van der Waals surface area (Å²) >= 11 is 6.20. The molecule has 1 amide bonds. The lowest BCUT2D eigenvalue weighted by atomic mass is 9.94. The Morgan fingerprint density at radius 3 is 2.40 bits per heavy atom. The van der Waals surface area contributed by atoms with Crippen molar-refractivity contribution in [1.29, 1.82) is 0 Å². The lowest BCUT2D eigenvalue weighted by Gasteiger charge is -2.26. The molecule has 1 saturated heterocycles. The number of benzene rings is 2. The molecule has 1 fully saturated rings. The number of hydrogen-bond acceptors (Lipinski definition) is 5. The summed E-state index contributed by atoms with van der Waals surface area (Å²) in [5, 5.41) is 11.3. The summed E-state index contributed by atoms with van der Waals surface area (Å²) in [6.45, 7) is 2.91. The summed E-state index contributed by atoms with van der Waals surface area (Å²) in [4.78, 5) is 29.3. The number of ether oxygens (including phenoxy) is 1. The van der Waals surface area contributed by atoms with E-state index in [0.29, 0.717) is 29.4 Å². The number of amides is 1. The summed E-state index contributed by atoms with van der Waals surface area (Å²) in [7, 11) is 5.29.